The number of methoxy groups -OCH3 is 1. The maximum atomic E-state index is 12.4. The van der Waals surface area contributed by atoms with Crippen LogP contribution in [0.4, 0.5) is 5.69 Å². The van der Waals surface area contributed by atoms with Crippen LogP contribution in [0.3, 0.4) is 0 Å². The van der Waals surface area contributed by atoms with E-state index in [-0.39, 0.29) is 11.6 Å². The highest BCUT2D eigenvalue weighted by atomic mass is 16.5. The Morgan fingerprint density at radius 1 is 1.10 bits per heavy atom. The van der Waals surface area contributed by atoms with Gasteiger partial charge in [-0.15, -0.1) is 0 Å². The molecule has 1 aliphatic heterocycles. The third-order valence-corrected chi connectivity index (χ3v) is 5.09. The average Bonchev–Trinajstić information content (AvgIpc) is 3.29. The van der Waals surface area contributed by atoms with Crippen molar-refractivity contribution < 1.29 is 18.5 Å². The summed E-state index contributed by atoms with van der Waals surface area (Å²) in [5, 5.41) is 10.1. The fourth-order valence-electron chi connectivity index (χ4n) is 3.58. The summed E-state index contributed by atoms with van der Waals surface area (Å²) in [5.74, 6) is 1.95. The van der Waals surface area contributed by atoms with Crippen LogP contribution < -0.4 is 15.4 Å². The molecular formula is C23H30N4O4. The topological polar surface area (TPSA) is 102 Å². The third-order valence-electron chi connectivity index (χ3n) is 5.09. The quantitative estimate of drug-likeness (QED) is 0.629. The molecule has 1 aliphatic rings. The van der Waals surface area contributed by atoms with E-state index in [0.717, 1.165) is 16.8 Å². The normalized spacial score (nSPS) is 13.3. The Kier molecular flexibility index (Phi) is 7.46. The van der Waals surface area contributed by atoms with Crippen LogP contribution in [0.1, 0.15) is 52.9 Å². The van der Waals surface area contributed by atoms with Crippen LogP contribution in [0.25, 0.3) is 11.1 Å². The number of nitrogens with one attached hydrogen (secondary N) is 2. The first-order chi connectivity index (χ1) is 14.9. The molecule has 8 heteroatoms. The molecule has 1 saturated heterocycles. The molecule has 1 aromatic carbocycles. The average molecular weight is 427 g/mol. The number of amides is 1. The Hall–Kier alpha value is -3.13. The second-order valence-electron chi connectivity index (χ2n) is 7.52. The first-order valence-electron chi connectivity index (χ1n) is 10.5. The number of rotatable bonds is 4. The molecular weight excluding hydrogens is 396 g/mol. The van der Waals surface area contributed by atoms with Gasteiger partial charge in [-0.2, -0.15) is 0 Å². The van der Waals surface area contributed by atoms with Crippen molar-refractivity contribution in [2.24, 2.45) is 0 Å². The lowest BCUT2D eigenvalue weighted by atomic mass is 10.0. The number of aromatic nitrogens is 2. The summed E-state index contributed by atoms with van der Waals surface area (Å²) in [5.41, 5.74) is 3.28. The number of benzene rings is 1. The predicted molar refractivity (Wildman–Crippen MR) is 119 cm³/mol. The molecule has 2 aromatic heterocycles. The molecule has 3 aromatic rings. The van der Waals surface area contributed by atoms with Crippen molar-refractivity contribution in [3.05, 3.63) is 47.0 Å². The second kappa shape index (κ2) is 10.3. The van der Waals surface area contributed by atoms with Gasteiger partial charge in [0, 0.05) is 18.2 Å². The lowest BCUT2D eigenvalue weighted by Gasteiger charge is -2.11. The van der Waals surface area contributed by atoms with Crippen LogP contribution in [-0.4, -0.2) is 36.2 Å². The fraction of sp³-hybridized carbons (Fsp3) is 0.435. The minimum absolute atomic E-state index is 0.271. The number of carbonyl (C=O) groups excluding carboxylic acids is 1. The standard InChI is InChI=1S/C18H19N3O4.C5H11N/c1-9-16(10(2)25-21-9)14-8-13(6-7-15(14)23-5)20-18(22)17-11(3)24-12(4)19-17;1-2-4-6-5-3-1/h6-8H,1-5H3,(H,20,22);6H,1-5H2. The first-order valence-corrected chi connectivity index (χ1v) is 10.5. The zero-order valence-electron chi connectivity index (χ0n) is 18.8. The van der Waals surface area contributed by atoms with Gasteiger partial charge in [0.25, 0.3) is 5.91 Å². The predicted octanol–water partition coefficient (Wildman–Crippen LogP) is 4.58. The maximum Gasteiger partial charge on any atom is 0.277 e. The Morgan fingerprint density at radius 3 is 2.32 bits per heavy atom. The minimum atomic E-state index is -0.329. The number of hydrogen-bond acceptors (Lipinski definition) is 7. The van der Waals surface area contributed by atoms with Gasteiger partial charge in [0.1, 0.15) is 17.3 Å². The van der Waals surface area contributed by atoms with Crippen molar-refractivity contribution in [1.29, 1.82) is 0 Å². The molecule has 1 fully saturated rings. The fourth-order valence-corrected chi connectivity index (χ4v) is 3.58. The van der Waals surface area contributed by atoms with E-state index in [0.29, 0.717) is 28.8 Å². The van der Waals surface area contributed by atoms with Crippen LogP contribution in [0.2, 0.25) is 0 Å². The van der Waals surface area contributed by atoms with E-state index >= 15 is 0 Å². The van der Waals surface area contributed by atoms with E-state index in [1.807, 2.05) is 19.9 Å². The van der Waals surface area contributed by atoms with E-state index in [4.69, 9.17) is 13.7 Å². The number of hydrogen-bond donors (Lipinski definition) is 2. The Morgan fingerprint density at radius 2 is 1.84 bits per heavy atom. The van der Waals surface area contributed by atoms with Gasteiger partial charge in [0.05, 0.1) is 18.4 Å². The molecule has 4 rings (SSSR count). The molecule has 0 atom stereocenters. The molecule has 1 amide bonds. The number of ether oxygens (including phenoxy) is 1. The van der Waals surface area contributed by atoms with Crippen LogP contribution in [0.5, 0.6) is 5.75 Å². The molecule has 0 spiro atoms. The Bertz CT molecular complexity index is 1000. The Balaban J connectivity index is 0.000000391. The smallest absolute Gasteiger partial charge is 0.277 e. The summed E-state index contributed by atoms with van der Waals surface area (Å²) in [7, 11) is 1.59. The van der Waals surface area contributed by atoms with E-state index in [2.05, 4.69) is 20.8 Å². The zero-order chi connectivity index (χ0) is 22.4. The van der Waals surface area contributed by atoms with E-state index in [1.54, 1.807) is 33.1 Å². The monoisotopic (exact) mass is 426 g/mol. The lowest BCUT2D eigenvalue weighted by molar-refractivity contribution is 0.102. The van der Waals surface area contributed by atoms with Gasteiger partial charge in [-0.25, -0.2) is 4.98 Å². The van der Waals surface area contributed by atoms with Crippen LogP contribution in [-0.2, 0) is 0 Å². The summed E-state index contributed by atoms with van der Waals surface area (Å²) in [6.07, 6.45) is 4.22. The summed E-state index contributed by atoms with van der Waals surface area (Å²) in [4.78, 5) is 16.6. The second-order valence-corrected chi connectivity index (χ2v) is 7.52. The number of aryl methyl sites for hydroxylation is 4. The van der Waals surface area contributed by atoms with Crippen molar-refractivity contribution in [3.63, 3.8) is 0 Å². The minimum Gasteiger partial charge on any atom is -0.496 e. The number of nitrogens with zero attached hydrogens (tertiary/aromatic N) is 2. The van der Waals surface area contributed by atoms with Crippen molar-refractivity contribution in [3.8, 4) is 16.9 Å². The van der Waals surface area contributed by atoms with Crippen molar-refractivity contribution in [1.82, 2.24) is 15.5 Å². The summed E-state index contributed by atoms with van der Waals surface area (Å²) >= 11 is 0. The highest BCUT2D eigenvalue weighted by molar-refractivity contribution is 6.04. The van der Waals surface area contributed by atoms with E-state index in [9.17, 15) is 4.79 Å². The molecule has 0 radical (unpaired) electrons. The van der Waals surface area contributed by atoms with Crippen molar-refractivity contribution >= 4 is 11.6 Å². The highest BCUT2D eigenvalue weighted by Gasteiger charge is 2.19. The number of carbonyl (C=O) groups is 1. The van der Waals surface area contributed by atoms with Gasteiger partial charge in [0.15, 0.2) is 11.6 Å². The molecule has 2 N–H and O–H groups in total. The third kappa shape index (κ3) is 5.52. The van der Waals surface area contributed by atoms with Gasteiger partial charge in [-0.3, -0.25) is 4.79 Å². The first kappa shape index (κ1) is 22.6. The molecule has 31 heavy (non-hydrogen) atoms. The van der Waals surface area contributed by atoms with E-state index in [1.165, 1.54) is 32.4 Å². The van der Waals surface area contributed by atoms with Crippen LogP contribution >= 0.6 is 0 Å². The molecule has 166 valence electrons. The van der Waals surface area contributed by atoms with Crippen LogP contribution in [0, 0.1) is 27.7 Å². The number of anilines is 1. The van der Waals surface area contributed by atoms with E-state index < -0.39 is 0 Å². The SMILES string of the molecule is C1CCNCC1.COc1ccc(NC(=O)c2nc(C)oc2C)cc1-c1c(C)noc1C. The maximum absolute atomic E-state index is 12.4. The molecule has 0 saturated carbocycles. The van der Waals surface area contributed by atoms with Gasteiger partial charge >= 0.3 is 0 Å². The van der Waals surface area contributed by atoms with Gasteiger partial charge in [-0.05, 0) is 64.9 Å². The summed E-state index contributed by atoms with van der Waals surface area (Å²) in [6, 6.07) is 5.38. The summed E-state index contributed by atoms with van der Waals surface area (Å²) < 4.78 is 16.0. The Labute approximate surface area is 182 Å². The van der Waals surface area contributed by atoms with Crippen molar-refractivity contribution in [2.75, 3.05) is 25.5 Å². The van der Waals surface area contributed by atoms with Gasteiger partial charge < -0.3 is 24.3 Å². The molecule has 0 aliphatic carbocycles. The number of oxazole rings is 1. The highest BCUT2D eigenvalue weighted by Crippen LogP contribution is 2.36. The molecule has 8 nitrogen and oxygen atoms in total. The lowest BCUT2D eigenvalue weighted by Crippen LogP contribution is -2.21. The van der Waals surface area contributed by atoms with Crippen molar-refractivity contribution in [2.45, 2.75) is 47.0 Å². The van der Waals surface area contributed by atoms with Gasteiger partial charge in [-0.1, -0.05) is 11.6 Å². The molecule has 0 unspecified atom stereocenters. The molecule has 0 bridgehead atoms. The van der Waals surface area contributed by atoms with Crippen LogP contribution in [0.15, 0.2) is 27.1 Å². The molecule has 3 heterocycles. The largest absolute Gasteiger partial charge is 0.496 e. The summed E-state index contributed by atoms with van der Waals surface area (Å²) in [6.45, 7) is 9.60. The van der Waals surface area contributed by atoms with Gasteiger partial charge in [0.2, 0.25) is 0 Å². The number of piperidine rings is 1. The zero-order valence-corrected chi connectivity index (χ0v) is 18.8.